The summed E-state index contributed by atoms with van der Waals surface area (Å²) in [4.78, 5) is 32.4. The van der Waals surface area contributed by atoms with Gasteiger partial charge >= 0.3 is 5.91 Å². The van der Waals surface area contributed by atoms with E-state index in [2.05, 4.69) is 15.2 Å². The van der Waals surface area contributed by atoms with Crippen LogP contribution in [0.4, 0.5) is 5.13 Å². The molecule has 0 bridgehead atoms. The normalized spacial score (nSPS) is 17.6. The van der Waals surface area contributed by atoms with Crippen LogP contribution in [0.1, 0.15) is 33.6 Å². The zero-order valence-electron chi connectivity index (χ0n) is 18.9. The summed E-state index contributed by atoms with van der Waals surface area (Å²) in [5.74, 6) is -1.29. The van der Waals surface area contributed by atoms with Crippen LogP contribution < -0.4 is 9.64 Å². The molecule has 3 aromatic heterocycles. The van der Waals surface area contributed by atoms with Crippen LogP contribution in [0.15, 0.2) is 48.2 Å². The van der Waals surface area contributed by atoms with E-state index < -0.39 is 17.7 Å². The molecule has 1 N–H and O–H groups in total. The minimum absolute atomic E-state index is 0.0489. The maximum absolute atomic E-state index is 13.3. The van der Waals surface area contributed by atoms with Gasteiger partial charge in [0.1, 0.15) is 22.1 Å². The van der Waals surface area contributed by atoms with Gasteiger partial charge in [0.25, 0.3) is 5.78 Å². The number of pyridine rings is 1. The maximum atomic E-state index is 13.3. The first-order chi connectivity index (χ1) is 16.3. The van der Waals surface area contributed by atoms with Crippen LogP contribution in [0, 0.1) is 20.8 Å². The third kappa shape index (κ3) is 3.26. The summed E-state index contributed by atoms with van der Waals surface area (Å²) in [7, 11) is 1.55. The van der Waals surface area contributed by atoms with Crippen molar-refractivity contribution < 1.29 is 19.4 Å². The number of fused-ring (bicyclic) bond motifs is 1. The van der Waals surface area contributed by atoms with Gasteiger partial charge in [0, 0.05) is 6.20 Å². The molecule has 9 nitrogen and oxygen atoms in total. The van der Waals surface area contributed by atoms with Crippen LogP contribution in [-0.2, 0) is 9.59 Å². The number of aryl methyl sites for hydroxylation is 3. The van der Waals surface area contributed by atoms with Crippen LogP contribution in [-0.4, -0.2) is 43.5 Å². The number of anilines is 1. The summed E-state index contributed by atoms with van der Waals surface area (Å²) in [5, 5.41) is 20.5. The number of methoxy groups -OCH3 is 1. The molecule has 1 atom stereocenters. The molecule has 1 aliphatic rings. The van der Waals surface area contributed by atoms with Gasteiger partial charge in [-0.2, -0.15) is 0 Å². The summed E-state index contributed by atoms with van der Waals surface area (Å²) >= 11 is 1.20. The lowest BCUT2D eigenvalue weighted by Gasteiger charge is -2.22. The Bertz CT molecular complexity index is 1490. The molecule has 1 aliphatic heterocycles. The van der Waals surface area contributed by atoms with E-state index in [-0.39, 0.29) is 22.2 Å². The summed E-state index contributed by atoms with van der Waals surface area (Å²) in [5.41, 5.74) is 3.05. The Morgan fingerprint density at radius 3 is 2.44 bits per heavy atom. The SMILES string of the molecule is COc1ccc(C2C(=C(O)c3nc4c(C)cccn4c3C)C(=O)C(=O)N2c2nnc(C)s2)cc1. The highest BCUT2D eigenvalue weighted by Crippen LogP contribution is 2.43. The van der Waals surface area contributed by atoms with E-state index in [1.54, 1.807) is 45.2 Å². The van der Waals surface area contributed by atoms with Crippen molar-refractivity contribution in [1.29, 1.82) is 0 Å². The van der Waals surface area contributed by atoms with Crippen molar-refractivity contribution in [3.8, 4) is 5.75 Å². The van der Waals surface area contributed by atoms with Crippen molar-refractivity contribution in [2.45, 2.75) is 26.8 Å². The average molecular weight is 476 g/mol. The van der Waals surface area contributed by atoms with Gasteiger partial charge in [-0.25, -0.2) is 4.98 Å². The second-order valence-corrected chi connectivity index (χ2v) is 9.14. The van der Waals surface area contributed by atoms with Gasteiger partial charge in [-0.1, -0.05) is 29.5 Å². The van der Waals surface area contributed by atoms with E-state index in [9.17, 15) is 14.7 Å². The van der Waals surface area contributed by atoms with Gasteiger partial charge in [-0.05, 0) is 50.1 Å². The van der Waals surface area contributed by atoms with Crippen LogP contribution in [0.25, 0.3) is 11.4 Å². The van der Waals surface area contributed by atoms with Crippen molar-refractivity contribution in [1.82, 2.24) is 19.6 Å². The maximum Gasteiger partial charge on any atom is 0.301 e. The fourth-order valence-electron chi connectivity index (χ4n) is 4.19. The first-order valence-electron chi connectivity index (χ1n) is 10.5. The van der Waals surface area contributed by atoms with E-state index in [1.165, 1.54) is 16.2 Å². The lowest BCUT2D eigenvalue weighted by atomic mass is 9.96. The molecular weight excluding hydrogens is 454 g/mol. The van der Waals surface area contributed by atoms with Gasteiger partial charge < -0.3 is 14.2 Å². The molecule has 4 aromatic rings. The number of carbonyl (C=O) groups is 2. The molecule has 1 fully saturated rings. The number of hydrogen-bond acceptors (Lipinski definition) is 8. The second-order valence-electron chi connectivity index (χ2n) is 7.98. The number of aromatic nitrogens is 4. The number of benzene rings is 1. The van der Waals surface area contributed by atoms with Crippen molar-refractivity contribution >= 4 is 39.6 Å². The third-order valence-corrected chi connectivity index (χ3v) is 6.74. The number of hydrogen-bond donors (Lipinski definition) is 1. The number of ether oxygens (including phenoxy) is 1. The van der Waals surface area contributed by atoms with Gasteiger partial charge in [-0.3, -0.25) is 14.5 Å². The molecule has 0 aliphatic carbocycles. The van der Waals surface area contributed by atoms with Crippen molar-refractivity contribution in [2.24, 2.45) is 0 Å². The topological polar surface area (TPSA) is 110 Å². The molecular formula is C24H21N5O4S. The molecule has 0 saturated carbocycles. The van der Waals surface area contributed by atoms with Gasteiger partial charge in [0.2, 0.25) is 5.13 Å². The highest BCUT2D eigenvalue weighted by Gasteiger charge is 2.48. The van der Waals surface area contributed by atoms with Crippen molar-refractivity contribution in [3.05, 3.63) is 75.7 Å². The Morgan fingerprint density at radius 1 is 1.09 bits per heavy atom. The number of nitrogens with zero attached hydrogens (tertiary/aromatic N) is 5. The first-order valence-corrected chi connectivity index (χ1v) is 11.3. The number of imidazole rings is 1. The van der Waals surface area contributed by atoms with Crippen LogP contribution in [0.2, 0.25) is 0 Å². The molecule has 0 radical (unpaired) electrons. The molecule has 1 saturated heterocycles. The molecule has 1 amide bonds. The Kier molecular flexibility index (Phi) is 5.17. The summed E-state index contributed by atoms with van der Waals surface area (Å²) in [6.45, 7) is 5.49. The zero-order chi connectivity index (χ0) is 24.1. The average Bonchev–Trinajstić information content (AvgIpc) is 3.49. The Morgan fingerprint density at radius 2 is 1.82 bits per heavy atom. The molecule has 1 unspecified atom stereocenters. The molecule has 10 heteroatoms. The Labute approximate surface area is 199 Å². The van der Waals surface area contributed by atoms with E-state index in [0.29, 0.717) is 27.7 Å². The molecule has 5 rings (SSSR count). The van der Waals surface area contributed by atoms with E-state index in [1.807, 2.05) is 29.7 Å². The number of amides is 1. The summed E-state index contributed by atoms with van der Waals surface area (Å²) < 4.78 is 7.10. The summed E-state index contributed by atoms with van der Waals surface area (Å²) in [6, 6.07) is 9.88. The molecule has 0 spiro atoms. The van der Waals surface area contributed by atoms with Crippen LogP contribution in [0.5, 0.6) is 5.75 Å². The highest BCUT2D eigenvalue weighted by molar-refractivity contribution is 7.15. The summed E-state index contributed by atoms with van der Waals surface area (Å²) in [6.07, 6.45) is 1.84. The Balaban J connectivity index is 1.75. The quantitative estimate of drug-likeness (QED) is 0.272. The van der Waals surface area contributed by atoms with Crippen molar-refractivity contribution in [2.75, 3.05) is 12.0 Å². The fourth-order valence-corrected chi connectivity index (χ4v) is 4.90. The zero-order valence-corrected chi connectivity index (χ0v) is 19.8. The monoisotopic (exact) mass is 475 g/mol. The van der Waals surface area contributed by atoms with E-state index in [0.717, 1.165) is 5.56 Å². The minimum Gasteiger partial charge on any atom is -0.505 e. The lowest BCUT2D eigenvalue weighted by Crippen LogP contribution is -2.29. The molecule has 1 aromatic carbocycles. The number of rotatable bonds is 4. The third-order valence-electron chi connectivity index (χ3n) is 5.91. The molecule has 4 heterocycles. The second kappa shape index (κ2) is 8.07. The fraction of sp³-hybridized carbons (Fsp3) is 0.208. The van der Waals surface area contributed by atoms with Gasteiger partial charge in [-0.15, -0.1) is 10.2 Å². The number of carbonyl (C=O) groups excluding carboxylic acids is 2. The van der Waals surface area contributed by atoms with Crippen LogP contribution >= 0.6 is 11.3 Å². The van der Waals surface area contributed by atoms with Gasteiger partial charge in [0.15, 0.2) is 5.76 Å². The van der Waals surface area contributed by atoms with E-state index in [4.69, 9.17) is 4.74 Å². The predicted octanol–water partition coefficient (Wildman–Crippen LogP) is 3.75. The van der Waals surface area contributed by atoms with E-state index >= 15 is 0 Å². The minimum atomic E-state index is -0.899. The Hall–Kier alpha value is -4.05. The largest absolute Gasteiger partial charge is 0.505 e. The lowest BCUT2D eigenvalue weighted by molar-refractivity contribution is -0.132. The van der Waals surface area contributed by atoms with Crippen molar-refractivity contribution in [3.63, 3.8) is 0 Å². The molecule has 34 heavy (non-hydrogen) atoms. The number of ketones is 1. The standard InChI is InChI=1S/C24H21N5O4S/c1-12-6-5-11-28-13(2)18(25-22(12)28)20(30)17-19(15-7-9-16(33-4)10-8-15)29(23(32)21(17)31)24-27-26-14(3)34-24/h5-11,19,30H,1-4H3. The number of aliphatic hydroxyl groups excluding tert-OH is 1. The smallest absolute Gasteiger partial charge is 0.301 e. The highest BCUT2D eigenvalue weighted by atomic mass is 32.1. The first kappa shape index (κ1) is 21.8. The number of Topliss-reactive ketones (excluding diaryl/α,β-unsaturated/α-hetero) is 1. The van der Waals surface area contributed by atoms with Gasteiger partial charge in [0.05, 0.1) is 24.4 Å². The van der Waals surface area contributed by atoms with Crippen LogP contribution in [0.3, 0.4) is 0 Å². The predicted molar refractivity (Wildman–Crippen MR) is 127 cm³/mol. The molecule has 172 valence electrons. The number of aliphatic hydroxyl groups is 1.